The Balaban J connectivity index is 4.92. The van der Waals surface area contributed by atoms with E-state index in [2.05, 4.69) is 16.0 Å². The third-order valence-electron chi connectivity index (χ3n) is 4.57. The fraction of sp³-hybridized carbons (Fsp3) is 0.667. The number of hydrogen-bond acceptors (Lipinski definition) is 7. The number of rotatable bonds is 15. The van der Waals surface area contributed by atoms with E-state index < -0.39 is 60.2 Å². The van der Waals surface area contributed by atoms with E-state index in [1.807, 2.05) is 0 Å². The molecule has 0 aliphatic carbocycles. The second-order valence-electron chi connectivity index (χ2n) is 7.16. The minimum Gasteiger partial charge on any atom is -0.480 e. The van der Waals surface area contributed by atoms with Crippen LogP contribution in [-0.2, 0) is 28.8 Å². The van der Waals surface area contributed by atoms with Gasteiger partial charge in [0.25, 0.3) is 0 Å². The highest BCUT2D eigenvalue weighted by molar-refractivity contribution is 5.92. The highest BCUT2D eigenvalue weighted by atomic mass is 16.4. The number of carbonyl (C=O) groups is 6. The first-order valence-corrected chi connectivity index (χ1v) is 9.81. The molecule has 4 atom stereocenters. The molecule has 31 heavy (non-hydrogen) atoms. The zero-order valence-electron chi connectivity index (χ0n) is 17.7. The second-order valence-corrected chi connectivity index (χ2v) is 7.16. The first kappa shape index (κ1) is 27.8. The van der Waals surface area contributed by atoms with Crippen molar-refractivity contribution in [2.75, 3.05) is 6.54 Å². The van der Waals surface area contributed by atoms with Gasteiger partial charge in [-0.3, -0.25) is 24.0 Å². The Morgan fingerprint density at radius 1 is 0.903 bits per heavy atom. The molecule has 0 heterocycles. The number of nitrogens with one attached hydrogen (secondary N) is 3. The predicted octanol–water partition coefficient (Wildman–Crippen LogP) is -2.94. The maximum absolute atomic E-state index is 12.6. The number of carboxylic acid groups (broad SMARTS) is 1. The third-order valence-corrected chi connectivity index (χ3v) is 4.57. The van der Waals surface area contributed by atoms with Gasteiger partial charge in [0.2, 0.25) is 29.5 Å². The normalized spacial score (nSPS) is 14.4. The number of nitrogens with two attached hydrogens (primary N) is 3. The lowest BCUT2D eigenvalue weighted by Gasteiger charge is -2.25. The molecule has 0 bridgehead atoms. The zero-order chi connectivity index (χ0) is 24.1. The van der Waals surface area contributed by atoms with Crippen molar-refractivity contribution in [1.82, 2.24) is 16.0 Å². The Bertz CT molecular complexity index is 684. The van der Waals surface area contributed by atoms with Gasteiger partial charge in [-0.25, -0.2) is 4.79 Å². The van der Waals surface area contributed by atoms with E-state index in [9.17, 15) is 33.9 Å². The van der Waals surface area contributed by atoms with Crippen LogP contribution in [0.2, 0.25) is 0 Å². The molecule has 176 valence electrons. The van der Waals surface area contributed by atoms with Crippen LogP contribution in [0.5, 0.6) is 0 Å². The predicted molar refractivity (Wildman–Crippen MR) is 109 cm³/mol. The summed E-state index contributed by atoms with van der Waals surface area (Å²) in [6.07, 6.45) is -0.0156. The van der Waals surface area contributed by atoms with Gasteiger partial charge >= 0.3 is 5.97 Å². The molecule has 0 aliphatic heterocycles. The molecule has 0 rings (SSSR count). The Hall–Kier alpha value is -3.22. The molecule has 0 aliphatic rings. The summed E-state index contributed by atoms with van der Waals surface area (Å²) in [6.45, 7) is 2.98. The molecular weight excluding hydrogens is 412 g/mol. The number of hydrogen-bond donors (Lipinski definition) is 7. The summed E-state index contributed by atoms with van der Waals surface area (Å²) in [7, 11) is 0. The second kappa shape index (κ2) is 13.9. The van der Waals surface area contributed by atoms with Crippen LogP contribution < -0.4 is 33.2 Å². The average Bonchev–Trinajstić information content (AvgIpc) is 2.69. The van der Waals surface area contributed by atoms with Crippen molar-refractivity contribution in [3.05, 3.63) is 0 Å². The molecule has 10 N–H and O–H groups in total. The highest BCUT2D eigenvalue weighted by Gasteiger charge is 2.30. The summed E-state index contributed by atoms with van der Waals surface area (Å²) in [4.78, 5) is 69.6. The number of carbonyl (C=O) groups excluding carboxylic acids is 5. The maximum atomic E-state index is 12.6. The van der Waals surface area contributed by atoms with Crippen molar-refractivity contribution in [3.63, 3.8) is 0 Å². The van der Waals surface area contributed by atoms with Gasteiger partial charge in [-0.05, 0) is 18.8 Å². The molecule has 0 aromatic carbocycles. The molecular formula is C18H32N6O7. The molecule has 0 saturated heterocycles. The summed E-state index contributed by atoms with van der Waals surface area (Å²) in [5.74, 6) is -5.14. The van der Waals surface area contributed by atoms with Crippen molar-refractivity contribution in [2.24, 2.45) is 23.1 Å². The van der Waals surface area contributed by atoms with Crippen LogP contribution in [0.4, 0.5) is 0 Å². The van der Waals surface area contributed by atoms with Crippen LogP contribution in [0.3, 0.4) is 0 Å². The molecule has 13 heteroatoms. The smallest absolute Gasteiger partial charge is 0.326 e. The van der Waals surface area contributed by atoms with Gasteiger partial charge in [0.15, 0.2) is 0 Å². The number of amides is 5. The van der Waals surface area contributed by atoms with Crippen LogP contribution in [0.25, 0.3) is 0 Å². The Morgan fingerprint density at radius 3 is 1.94 bits per heavy atom. The first-order valence-electron chi connectivity index (χ1n) is 9.81. The van der Waals surface area contributed by atoms with E-state index >= 15 is 0 Å². The molecule has 0 aromatic heterocycles. The SMILES string of the molecule is CCC(C)C(NC(=O)CNC(=O)C(N)CCC(N)=O)C(=O)NC(CCC(N)=O)C(=O)O. The largest absolute Gasteiger partial charge is 0.480 e. The minimum atomic E-state index is -1.36. The van der Waals surface area contributed by atoms with Crippen LogP contribution >= 0.6 is 0 Å². The van der Waals surface area contributed by atoms with Gasteiger partial charge in [0, 0.05) is 12.8 Å². The minimum absolute atomic E-state index is 0.0164. The van der Waals surface area contributed by atoms with Gasteiger partial charge in [-0.15, -0.1) is 0 Å². The molecule has 0 saturated carbocycles. The monoisotopic (exact) mass is 444 g/mol. The molecule has 0 aromatic rings. The van der Waals surface area contributed by atoms with E-state index in [0.29, 0.717) is 6.42 Å². The lowest BCUT2D eigenvalue weighted by atomic mass is 9.97. The van der Waals surface area contributed by atoms with Crippen LogP contribution in [0, 0.1) is 5.92 Å². The van der Waals surface area contributed by atoms with Gasteiger partial charge in [0.05, 0.1) is 12.6 Å². The van der Waals surface area contributed by atoms with Gasteiger partial charge < -0.3 is 38.3 Å². The van der Waals surface area contributed by atoms with Crippen LogP contribution in [0.1, 0.15) is 46.0 Å². The Morgan fingerprint density at radius 2 is 1.45 bits per heavy atom. The lowest BCUT2D eigenvalue weighted by molar-refractivity contribution is -0.143. The summed E-state index contributed by atoms with van der Waals surface area (Å²) >= 11 is 0. The Kier molecular flexibility index (Phi) is 12.5. The molecule has 0 radical (unpaired) electrons. The van der Waals surface area contributed by atoms with E-state index in [1.54, 1.807) is 13.8 Å². The van der Waals surface area contributed by atoms with Crippen LogP contribution in [-0.4, -0.2) is 65.3 Å². The number of primary amides is 2. The molecule has 0 fully saturated rings. The van der Waals surface area contributed by atoms with Crippen molar-refractivity contribution >= 4 is 35.5 Å². The highest BCUT2D eigenvalue weighted by Crippen LogP contribution is 2.09. The number of aliphatic carboxylic acids is 1. The van der Waals surface area contributed by atoms with E-state index in [1.165, 1.54) is 0 Å². The summed E-state index contributed by atoms with van der Waals surface area (Å²) in [5.41, 5.74) is 15.6. The van der Waals surface area contributed by atoms with Crippen LogP contribution in [0.15, 0.2) is 0 Å². The first-order chi connectivity index (χ1) is 14.4. The third kappa shape index (κ3) is 11.5. The zero-order valence-corrected chi connectivity index (χ0v) is 17.7. The quantitative estimate of drug-likeness (QED) is 0.137. The van der Waals surface area contributed by atoms with E-state index in [4.69, 9.17) is 17.2 Å². The summed E-state index contributed by atoms with van der Waals surface area (Å²) < 4.78 is 0. The van der Waals surface area contributed by atoms with Gasteiger partial charge in [0.1, 0.15) is 12.1 Å². The number of carboxylic acids is 1. The maximum Gasteiger partial charge on any atom is 0.326 e. The fourth-order valence-electron chi connectivity index (χ4n) is 2.46. The molecule has 0 spiro atoms. The van der Waals surface area contributed by atoms with Crippen molar-refractivity contribution in [1.29, 1.82) is 0 Å². The van der Waals surface area contributed by atoms with E-state index in [-0.39, 0.29) is 31.6 Å². The average molecular weight is 444 g/mol. The fourth-order valence-corrected chi connectivity index (χ4v) is 2.46. The van der Waals surface area contributed by atoms with Crippen molar-refractivity contribution in [3.8, 4) is 0 Å². The molecule has 13 nitrogen and oxygen atoms in total. The van der Waals surface area contributed by atoms with Gasteiger partial charge in [-0.1, -0.05) is 20.3 Å². The van der Waals surface area contributed by atoms with Crippen molar-refractivity contribution < 1.29 is 33.9 Å². The van der Waals surface area contributed by atoms with E-state index in [0.717, 1.165) is 0 Å². The molecule has 4 unspecified atom stereocenters. The van der Waals surface area contributed by atoms with Crippen molar-refractivity contribution in [2.45, 2.75) is 64.1 Å². The Labute approximate surface area is 179 Å². The van der Waals surface area contributed by atoms with Gasteiger partial charge in [-0.2, -0.15) is 0 Å². The summed E-state index contributed by atoms with van der Waals surface area (Å²) in [5, 5.41) is 16.3. The standard InChI is InChI=1S/C18H32N6O7/c1-3-9(2)15(17(29)23-11(18(30)31)5-7-13(21)26)24-14(27)8-22-16(28)10(19)4-6-12(20)25/h9-11,15H,3-8,19H2,1-2H3,(H2,20,25)(H2,21,26)(H,22,28)(H,23,29)(H,24,27)(H,30,31). The molecule has 5 amide bonds. The summed E-state index contributed by atoms with van der Waals surface area (Å²) in [6, 6.07) is -3.46. The topological polar surface area (TPSA) is 237 Å². The lowest BCUT2D eigenvalue weighted by Crippen LogP contribution is -2.56.